The van der Waals surface area contributed by atoms with Crippen LogP contribution in [0.15, 0.2) is 29.5 Å². The average Bonchev–Trinajstić information content (AvgIpc) is 2.59. The summed E-state index contributed by atoms with van der Waals surface area (Å²) in [5.41, 5.74) is -0.113. The number of carbonyl (C=O) groups is 1. The van der Waals surface area contributed by atoms with Crippen LogP contribution in [-0.2, 0) is 4.79 Å². The van der Waals surface area contributed by atoms with Gasteiger partial charge in [-0.05, 0) is 31.9 Å². The SMILES string of the molecule is CCCC(O)(CCC)CNC(=NCC(=O)Nc1cccnc1)NCC.I. The summed E-state index contributed by atoms with van der Waals surface area (Å²) >= 11 is 0. The number of hydrogen-bond acceptors (Lipinski definition) is 4. The maximum Gasteiger partial charge on any atom is 0.246 e. The van der Waals surface area contributed by atoms with E-state index in [1.54, 1.807) is 24.5 Å². The quantitative estimate of drug-likeness (QED) is 0.236. The minimum Gasteiger partial charge on any atom is -0.388 e. The number of amides is 1. The lowest BCUT2D eigenvalue weighted by Crippen LogP contribution is -2.47. The molecule has 7 nitrogen and oxygen atoms in total. The molecule has 4 N–H and O–H groups in total. The molecule has 0 atom stereocenters. The Morgan fingerprint density at radius 2 is 1.92 bits per heavy atom. The van der Waals surface area contributed by atoms with E-state index >= 15 is 0 Å². The van der Waals surface area contributed by atoms with Gasteiger partial charge in [0.05, 0.1) is 17.5 Å². The van der Waals surface area contributed by atoms with Gasteiger partial charge in [0.25, 0.3) is 0 Å². The van der Waals surface area contributed by atoms with Crippen molar-refractivity contribution in [3.8, 4) is 0 Å². The highest BCUT2D eigenvalue weighted by Crippen LogP contribution is 2.18. The molecule has 1 heterocycles. The number of nitrogens with one attached hydrogen (secondary N) is 3. The summed E-state index contributed by atoms with van der Waals surface area (Å²) < 4.78 is 0. The molecule has 8 heteroatoms. The van der Waals surface area contributed by atoms with E-state index in [-0.39, 0.29) is 36.4 Å². The van der Waals surface area contributed by atoms with E-state index < -0.39 is 5.60 Å². The van der Waals surface area contributed by atoms with Crippen LogP contribution in [0.25, 0.3) is 0 Å². The van der Waals surface area contributed by atoms with E-state index in [1.807, 2.05) is 6.92 Å². The first-order valence-corrected chi connectivity index (χ1v) is 8.97. The molecule has 1 aromatic heterocycles. The van der Waals surface area contributed by atoms with Gasteiger partial charge in [-0.2, -0.15) is 0 Å². The summed E-state index contributed by atoms with van der Waals surface area (Å²) in [7, 11) is 0. The zero-order chi connectivity index (χ0) is 18.5. The normalized spacial score (nSPS) is 11.5. The van der Waals surface area contributed by atoms with E-state index in [0.717, 1.165) is 25.7 Å². The molecule has 0 saturated carbocycles. The third-order valence-corrected chi connectivity index (χ3v) is 3.69. The third-order valence-electron chi connectivity index (χ3n) is 3.69. The van der Waals surface area contributed by atoms with E-state index in [1.165, 1.54) is 0 Å². The maximum atomic E-state index is 12.0. The van der Waals surface area contributed by atoms with Crippen molar-refractivity contribution in [1.29, 1.82) is 0 Å². The molecule has 0 radical (unpaired) electrons. The Kier molecular flexibility index (Phi) is 13.0. The minimum absolute atomic E-state index is 0. The van der Waals surface area contributed by atoms with Crippen molar-refractivity contribution in [1.82, 2.24) is 15.6 Å². The fourth-order valence-corrected chi connectivity index (χ4v) is 2.61. The molecule has 0 saturated heterocycles. The number of anilines is 1. The van der Waals surface area contributed by atoms with Gasteiger partial charge in [-0.3, -0.25) is 9.78 Å². The summed E-state index contributed by atoms with van der Waals surface area (Å²) in [5, 5.41) is 19.6. The average molecular weight is 477 g/mol. The molecule has 0 aliphatic carbocycles. The Labute approximate surface area is 173 Å². The number of hydrogen-bond donors (Lipinski definition) is 4. The fraction of sp³-hybridized carbons (Fsp3) is 0.611. The van der Waals surface area contributed by atoms with Crippen LogP contribution in [0.5, 0.6) is 0 Å². The van der Waals surface area contributed by atoms with Crippen LogP contribution in [-0.4, -0.2) is 47.2 Å². The Bertz CT molecular complexity index is 534. The first-order valence-electron chi connectivity index (χ1n) is 8.97. The van der Waals surface area contributed by atoms with Crippen molar-refractivity contribution in [2.75, 3.05) is 25.0 Å². The topological polar surface area (TPSA) is 98.6 Å². The van der Waals surface area contributed by atoms with Crippen molar-refractivity contribution >= 4 is 41.5 Å². The van der Waals surface area contributed by atoms with Crippen LogP contribution < -0.4 is 16.0 Å². The molecule has 0 aliphatic rings. The molecule has 26 heavy (non-hydrogen) atoms. The lowest BCUT2D eigenvalue weighted by Gasteiger charge is -2.28. The van der Waals surface area contributed by atoms with E-state index in [9.17, 15) is 9.90 Å². The second-order valence-electron chi connectivity index (χ2n) is 6.06. The van der Waals surface area contributed by atoms with Gasteiger partial charge in [-0.1, -0.05) is 26.7 Å². The first-order chi connectivity index (χ1) is 12.0. The molecule has 0 unspecified atom stereocenters. The molecule has 0 spiro atoms. The number of guanidine groups is 1. The lowest BCUT2D eigenvalue weighted by molar-refractivity contribution is -0.114. The Morgan fingerprint density at radius 3 is 2.46 bits per heavy atom. The number of rotatable bonds is 10. The van der Waals surface area contributed by atoms with Crippen molar-refractivity contribution in [3.63, 3.8) is 0 Å². The van der Waals surface area contributed by atoms with Gasteiger partial charge < -0.3 is 21.1 Å². The molecule has 0 aliphatic heterocycles. The highest BCUT2D eigenvalue weighted by Gasteiger charge is 2.24. The Balaban J connectivity index is 0.00000625. The Hall–Kier alpha value is -1.42. The van der Waals surface area contributed by atoms with E-state index in [4.69, 9.17) is 0 Å². The highest BCUT2D eigenvalue weighted by molar-refractivity contribution is 14.0. The molecule has 0 bridgehead atoms. The zero-order valence-electron chi connectivity index (χ0n) is 15.9. The van der Waals surface area contributed by atoms with Gasteiger partial charge in [-0.15, -0.1) is 24.0 Å². The van der Waals surface area contributed by atoms with Crippen LogP contribution in [0.2, 0.25) is 0 Å². The number of aliphatic hydroxyl groups is 1. The molecule has 1 aromatic rings. The second-order valence-corrected chi connectivity index (χ2v) is 6.06. The maximum absolute atomic E-state index is 12.0. The van der Waals surface area contributed by atoms with E-state index in [0.29, 0.717) is 24.7 Å². The fourth-order valence-electron chi connectivity index (χ4n) is 2.61. The molecule has 148 valence electrons. The summed E-state index contributed by atoms with van der Waals surface area (Å²) in [5.74, 6) is 0.303. The highest BCUT2D eigenvalue weighted by atomic mass is 127. The van der Waals surface area contributed by atoms with Gasteiger partial charge in [0.2, 0.25) is 5.91 Å². The summed E-state index contributed by atoms with van der Waals surface area (Å²) in [6, 6.07) is 3.53. The predicted octanol–water partition coefficient (Wildman–Crippen LogP) is 2.52. The Morgan fingerprint density at radius 1 is 1.23 bits per heavy atom. The molecule has 1 rings (SSSR count). The van der Waals surface area contributed by atoms with E-state index in [2.05, 4.69) is 39.8 Å². The smallest absolute Gasteiger partial charge is 0.246 e. The number of carbonyl (C=O) groups excluding carboxylic acids is 1. The molecular formula is C18H32IN5O2. The number of pyridine rings is 1. The summed E-state index contributed by atoms with van der Waals surface area (Å²) in [6.07, 6.45) is 6.53. The van der Waals surface area contributed by atoms with Crippen LogP contribution >= 0.6 is 24.0 Å². The second kappa shape index (κ2) is 13.7. The number of halogens is 1. The van der Waals surface area contributed by atoms with Crippen molar-refractivity contribution in [2.24, 2.45) is 4.99 Å². The number of nitrogens with zero attached hydrogens (tertiary/aromatic N) is 2. The van der Waals surface area contributed by atoms with Gasteiger partial charge in [-0.25, -0.2) is 4.99 Å². The van der Waals surface area contributed by atoms with Crippen LogP contribution in [0.3, 0.4) is 0 Å². The standard InChI is InChI=1S/C18H31N5O2.HI/c1-4-9-18(25,10-5-2)14-22-17(20-6-3)21-13-16(24)23-15-8-7-11-19-12-15;/h7-8,11-12,25H,4-6,9-10,13-14H2,1-3H3,(H,23,24)(H2,20,21,22);1H. The van der Waals surface area contributed by atoms with Crippen molar-refractivity contribution < 1.29 is 9.90 Å². The first kappa shape index (κ1) is 24.6. The zero-order valence-corrected chi connectivity index (χ0v) is 18.2. The summed E-state index contributed by atoms with van der Waals surface area (Å²) in [4.78, 5) is 20.2. The minimum atomic E-state index is -0.752. The van der Waals surface area contributed by atoms with Gasteiger partial charge in [0, 0.05) is 19.3 Å². The third kappa shape index (κ3) is 9.91. The van der Waals surface area contributed by atoms with Gasteiger partial charge in [0.1, 0.15) is 6.54 Å². The van der Waals surface area contributed by atoms with Crippen molar-refractivity contribution in [2.45, 2.75) is 52.1 Å². The molecule has 1 amide bonds. The number of aliphatic imine (C=N–C) groups is 1. The summed E-state index contributed by atoms with van der Waals surface area (Å²) in [6.45, 7) is 7.15. The monoisotopic (exact) mass is 477 g/mol. The van der Waals surface area contributed by atoms with Crippen molar-refractivity contribution in [3.05, 3.63) is 24.5 Å². The molecule has 0 fully saturated rings. The van der Waals surface area contributed by atoms with Crippen LogP contribution in [0.1, 0.15) is 46.5 Å². The molecular weight excluding hydrogens is 445 g/mol. The molecule has 0 aromatic carbocycles. The number of aromatic nitrogens is 1. The predicted molar refractivity (Wildman–Crippen MR) is 117 cm³/mol. The lowest BCUT2D eigenvalue weighted by atomic mass is 9.93. The largest absolute Gasteiger partial charge is 0.388 e. The van der Waals surface area contributed by atoms with Crippen LogP contribution in [0.4, 0.5) is 5.69 Å². The van der Waals surface area contributed by atoms with Gasteiger partial charge in [0.15, 0.2) is 5.96 Å². The van der Waals surface area contributed by atoms with Crippen LogP contribution in [0, 0.1) is 0 Å². The van der Waals surface area contributed by atoms with Gasteiger partial charge >= 0.3 is 0 Å².